The molecule has 2 saturated heterocycles. The molecule has 6 heteroatoms. The Morgan fingerprint density at radius 1 is 1.00 bits per heavy atom. The van der Waals surface area contributed by atoms with Gasteiger partial charge in [0.1, 0.15) is 0 Å². The molecule has 0 aromatic rings. The van der Waals surface area contributed by atoms with Crippen LogP contribution in [0.1, 0.15) is 45.4 Å². The number of hydrogen-bond acceptors (Lipinski definition) is 4. The van der Waals surface area contributed by atoms with E-state index in [-0.39, 0.29) is 11.8 Å². The van der Waals surface area contributed by atoms with Crippen molar-refractivity contribution >= 4 is 11.8 Å². The van der Waals surface area contributed by atoms with Gasteiger partial charge in [-0.05, 0) is 45.3 Å². The standard InChI is InChI=1S/C18H34N4O2/c1-2-20-10-7-11-21(15-14-20)16-17(23)19-9-6-13-22-12-5-3-4-8-18(22)24/h2-16H2,1H3,(H,19,23). The molecule has 2 rings (SSSR count). The van der Waals surface area contributed by atoms with Gasteiger partial charge in [-0.25, -0.2) is 0 Å². The zero-order valence-electron chi connectivity index (χ0n) is 15.3. The average Bonchev–Trinajstić information content (AvgIpc) is 2.92. The van der Waals surface area contributed by atoms with E-state index in [0.29, 0.717) is 19.5 Å². The lowest BCUT2D eigenvalue weighted by molar-refractivity contribution is -0.130. The molecule has 24 heavy (non-hydrogen) atoms. The van der Waals surface area contributed by atoms with Crippen LogP contribution in [0.2, 0.25) is 0 Å². The lowest BCUT2D eigenvalue weighted by Gasteiger charge is -2.21. The molecule has 2 aliphatic heterocycles. The maximum atomic E-state index is 12.1. The molecule has 2 heterocycles. The lowest BCUT2D eigenvalue weighted by Crippen LogP contribution is -2.40. The minimum Gasteiger partial charge on any atom is -0.355 e. The Bertz CT molecular complexity index is 402. The summed E-state index contributed by atoms with van der Waals surface area (Å²) < 4.78 is 0. The number of carbonyl (C=O) groups excluding carboxylic acids is 2. The molecule has 0 aliphatic carbocycles. The molecule has 0 radical (unpaired) electrons. The Morgan fingerprint density at radius 2 is 1.79 bits per heavy atom. The first-order chi connectivity index (χ1) is 11.7. The molecule has 0 spiro atoms. The van der Waals surface area contributed by atoms with Gasteiger partial charge in [0.25, 0.3) is 0 Å². The van der Waals surface area contributed by atoms with Crippen LogP contribution in [0, 0.1) is 0 Å². The second-order valence-corrected chi connectivity index (χ2v) is 6.96. The van der Waals surface area contributed by atoms with Gasteiger partial charge in [0.15, 0.2) is 0 Å². The smallest absolute Gasteiger partial charge is 0.234 e. The van der Waals surface area contributed by atoms with Crippen LogP contribution >= 0.6 is 0 Å². The van der Waals surface area contributed by atoms with Crippen molar-refractivity contribution in [3.05, 3.63) is 0 Å². The van der Waals surface area contributed by atoms with Crippen molar-refractivity contribution in [3.63, 3.8) is 0 Å². The van der Waals surface area contributed by atoms with E-state index < -0.39 is 0 Å². The molecule has 0 unspecified atom stereocenters. The van der Waals surface area contributed by atoms with Crippen molar-refractivity contribution in [1.82, 2.24) is 20.0 Å². The molecule has 0 bridgehead atoms. The summed E-state index contributed by atoms with van der Waals surface area (Å²) in [6, 6.07) is 0. The van der Waals surface area contributed by atoms with Crippen molar-refractivity contribution in [3.8, 4) is 0 Å². The molecular weight excluding hydrogens is 304 g/mol. The zero-order valence-corrected chi connectivity index (χ0v) is 15.3. The quantitative estimate of drug-likeness (QED) is 0.702. The number of likely N-dealkylation sites (tertiary alicyclic amines) is 1. The summed E-state index contributed by atoms with van der Waals surface area (Å²) in [6.45, 7) is 10.3. The van der Waals surface area contributed by atoms with Crippen LogP contribution in [-0.2, 0) is 9.59 Å². The first kappa shape index (κ1) is 19.2. The van der Waals surface area contributed by atoms with Crippen molar-refractivity contribution in [2.75, 3.05) is 58.9 Å². The summed E-state index contributed by atoms with van der Waals surface area (Å²) >= 11 is 0. The Kier molecular flexibility index (Phi) is 8.53. The number of carbonyl (C=O) groups is 2. The van der Waals surface area contributed by atoms with Gasteiger partial charge in [-0.3, -0.25) is 14.5 Å². The number of rotatable bonds is 7. The summed E-state index contributed by atoms with van der Waals surface area (Å²) in [5.41, 5.74) is 0. The highest BCUT2D eigenvalue weighted by molar-refractivity contribution is 5.78. The number of nitrogens with one attached hydrogen (secondary N) is 1. The third kappa shape index (κ3) is 6.77. The Balaban J connectivity index is 1.58. The lowest BCUT2D eigenvalue weighted by atomic mass is 10.2. The Morgan fingerprint density at radius 3 is 2.62 bits per heavy atom. The normalized spacial score (nSPS) is 21.4. The maximum absolute atomic E-state index is 12.1. The predicted octanol–water partition coefficient (Wildman–Crippen LogP) is 0.923. The molecular formula is C18H34N4O2. The Hall–Kier alpha value is -1.14. The van der Waals surface area contributed by atoms with Crippen molar-refractivity contribution in [1.29, 1.82) is 0 Å². The minimum atomic E-state index is 0.113. The van der Waals surface area contributed by atoms with Crippen molar-refractivity contribution in [2.24, 2.45) is 0 Å². The first-order valence-corrected chi connectivity index (χ1v) is 9.68. The van der Waals surface area contributed by atoms with Gasteiger partial charge in [-0.2, -0.15) is 0 Å². The average molecular weight is 338 g/mol. The van der Waals surface area contributed by atoms with E-state index in [0.717, 1.165) is 77.9 Å². The topological polar surface area (TPSA) is 55.9 Å². The van der Waals surface area contributed by atoms with E-state index in [1.54, 1.807) is 0 Å². The fourth-order valence-electron chi connectivity index (χ4n) is 3.53. The molecule has 2 aliphatic rings. The van der Waals surface area contributed by atoms with E-state index in [2.05, 4.69) is 22.0 Å². The van der Waals surface area contributed by atoms with Gasteiger partial charge in [0, 0.05) is 39.1 Å². The van der Waals surface area contributed by atoms with E-state index in [1.165, 1.54) is 0 Å². The van der Waals surface area contributed by atoms with E-state index in [9.17, 15) is 9.59 Å². The van der Waals surface area contributed by atoms with Crippen molar-refractivity contribution in [2.45, 2.75) is 45.4 Å². The predicted molar refractivity (Wildman–Crippen MR) is 95.8 cm³/mol. The number of hydrogen-bond donors (Lipinski definition) is 1. The third-order valence-corrected chi connectivity index (χ3v) is 5.09. The monoisotopic (exact) mass is 338 g/mol. The van der Waals surface area contributed by atoms with Crippen LogP contribution in [-0.4, -0.2) is 85.4 Å². The fraction of sp³-hybridized carbons (Fsp3) is 0.889. The summed E-state index contributed by atoms with van der Waals surface area (Å²) in [5.74, 6) is 0.394. The van der Waals surface area contributed by atoms with Crippen LogP contribution in [0.25, 0.3) is 0 Å². The van der Waals surface area contributed by atoms with Crippen LogP contribution in [0.15, 0.2) is 0 Å². The van der Waals surface area contributed by atoms with Crippen molar-refractivity contribution < 1.29 is 9.59 Å². The van der Waals surface area contributed by atoms with Gasteiger partial charge >= 0.3 is 0 Å². The summed E-state index contributed by atoms with van der Waals surface area (Å²) in [4.78, 5) is 30.7. The molecule has 0 aromatic carbocycles. The maximum Gasteiger partial charge on any atom is 0.234 e. The van der Waals surface area contributed by atoms with E-state index in [4.69, 9.17) is 0 Å². The van der Waals surface area contributed by atoms with E-state index in [1.807, 2.05) is 4.90 Å². The molecule has 0 atom stereocenters. The molecule has 2 fully saturated rings. The van der Waals surface area contributed by atoms with Crippen LogP contribution in [0.3, 0.4) is 0 Å². The largest absolute Gasteiger partial charge is 0.355 e. The number of amides is 2. The summed E-state index contributed by atoms with van der Waals surface area (Å²) in [7, 11) is 0. The summed E-state index contributed by atoms with van der Waals surface area (Å²) in [5, 5.41) is 3.01. The highest BCUT2D eigenvalue weighted by Crippen LogP contribution is 2.11. The first-order valence-electron chi connectivity index (χ1n) is 9.68. The molecule has 0 aromatic heterocycles. The highest BCUT2D eigenvalue weighted by Gasteiger charge is 2.17. The molecule has 1 N–H and O–H groups in total. The van der Waals surface area contributed by atoms with Gasteiger partial charge in [0.2, 0.25) is 11.8 Å². The molecule has 6 nitrogen and oxygen atoms in total. The highest BCUT2D eigenvalue weighted by atomic mass is 16.2. The second-order valence-electron chi connectivity index (χ2n) is 6.96. The summed E-state index contributed by atoms with van der Waals surface area (Å²) in [6.07, 6.45) is 5.97. The number of likely N-dealkylation sites (N-methyl/N-ethyl adjacent to an activating group) is 1. The SMILES string of the molecule is CCN1CCCN(CC(=O)NCCCN2CCCCCC2=O)CC1. The minimum absolute atomic E-state index is 0.113. The van der Waals surface area contributed by atoms with Gasteiger partial charge in [-0.1, -0.05) is 13.3 Å². The van der Waals surface area contributed by atoms with Gasteiger partial charge in [-0.15, -0.1) is 0 Å². The van der Waals surface area contributed by atoms with Crippen LogP contribution < -0.4 is 5.32 Å². The molecule has 0 saturated carbocycles. The van der Waals surface area contributed by atoms with Crippen LogP contribution in [0.4, 0.5) is 0 Å². The van der Waals surface area contributed by atoms with Crippen LogP contribution in [0.5, 0.6) is 0 Å². The van der Waals surface area contributed by atoms with Gasteiger partial charge in [0.05, 0.1) is 6.54 Å². The molecule has 2 amide bonds. The fourth-order valence-corrected chi connectivity index (χ4v) is 3.53. The zero-order chi connectivity index (χ0) is 17.2. The Labute approximate surface area is 146 Å². The van der Waals surface area contributed by atoms with Gasteiger partial charge < -0.3 is 15.1 Å². The third-order valence-electron chi connectivity index (χ3n) is 5.09. The number of nitrogens with zero attached hydrogens (tertiary/aromatic N) is 3. The molecule has 138 valence electrons. The second kappa shape index (κ2) is 10.7. The van der Waals surface area contributed by atoms with E-state index >= 15 is 0 Å².